The van der Waals surface area contributed by atoms with Crippen LogP contribution >= 0.6 is 12.2 Å². The topological polar surface area (TPSA) is 38.0 Å². The van der Waals surface area contributed by atoms with Gasteiger partial charge in [0, 0.05) is 16.9 Å². The molecule has 0 radical (unpaired) electrons. The maximum absolute atomic E-state index is 13.6. The molecule has 0 saturated carbocycles. The Morgan fingerprint density at radius 3 is 2.39 bits per heavy atom. The van der Waals surface area contributed by atoms with Gasteiger partial charge in [0.2, 0.25) is 0 Å². The van der Waals surface area contributed by atoms with Gasteiger partial charge in [-0.1, -0.05) is 18.3 Å². The van der Waals surface area contributed by atoms with E-state index >= 15 is 0 Å². The Kier molecular flexibility index (Phi) is 3.53. The second-order valence-electron chi connectivity index (χ2n) is 3.69. The largest absolute Gasteiger partial charge is 0.389 e. The van der Waals surface area contributed by atoms with E-state index in [1.807, 2.05) is 0 Å². The van der Waals surface area contributed by atoms with E-state index in [9.17, 15) is 8.78 Å². The Bertz CT molecular complexity index is 599. The molecule has 18 heavy (non-hydrogen) atoms. The highest BCUT2D eigenvalue weighted by atomic mass is 32.1. The predicted molar refractivity (Wildman–Crippen MR) is 72.0 cm³/mol. The fourth-order valence-electron chi connectivity index (χ4n) is 1.53. The first-order valence-electron chi connectivity index (χ1n) is 5.18. The standard InChI is InChI=1S/C13H10F2N2S/c14-8-2-1-3-9(6-8)17-10-4-5-11(13(16)18)12(15)7-10/h1-7,17H,(H2,16,18). The van der Waals surface area contributed by atoms with Crippen LogP contribution in [0, 0.1) is 11.6 Å². The lowest BCUT2D eigenvalue weighted by atomic mass is 10.2. The van der Waals surface area contributed by atoms with Crippen LogP contribution in [0.25, 0.3) is 0 Å². The van der Waals surface area contributed by atoms with Gasteiger partial charge < -0.3 is 11.1 Å². The molecule has 0 fully saturated rings. The second-order valence-corrected chi connectivity index (χ2v) is 4.13. The molecule has 0 saturated heterocycles. The zero-order chi connectivity index (χ0) is 13.1. The van der Waals surface area contributed by atoms with Crippen LogP contribution < -0.4 is 11.1 Å². The van der Waals surface area contributed by atoms with Crippen molar-refractivity contribution in [1.82, 2.24) is 0 Å². The Hall–Kier alpha value is -2.01. The van der Waals surface area contributed by atoms with Gasteiger partial charge in [-0.3, -0.25) is 0 Å². The summed E-state index contributed by atoms with van der Waals surface area (Å²) < 4.78 is 26.6. The number of rotatable bonds is 3. The molecule has 0 aromatic heterocycles. The van der Waals surface area contributed by atoms with Crippen molar-refractivity contribution >= 4 is 28.6 Å². The van der Waals surface area contributed by atoms with E-state index in [1.165, 1.54) is 24.3 Å². The van der Waals surface area contributed by atoms with Gasteiger partial charge in [0.05, 0.1) is 0 Å². The van der Waals surface area contributed by atoms with Crippen LogP contribution in [0.1, 0.15) is 5.56 Å². The summed E-state index contributed by atoms with van der Waals surface area (Å²) in [5, 5.41) is 2.89. The predicted octanol–water partition coefficient (Wildman–Crippen LogP) is 3.34. The molecular weight excluding hydrogens is 254 g/mol. The molecule has 0 heterocycles. The fourth-order valence-corrected chi connectivity index (χ4v) is 1.69. The van der Waals surface area contributed by atoms with Crippen molar-refractivity contribution in [2.45, 2.75) is 0 Å². The lowest BCUT2D eigenvalue weighted by molar-refractivity contribution is 0.626. The Balaban J connectivity index is 2.25. The molecule has 0 bridgehead atoms. The van der Waals surface area contributed by atoms with Gasteiger partial charge in [0.15, 0.2) is 0 Å². The van der Waals surface area contributed by atoms with Crippen molar-refractivity contribution in [3.63, 3.8) is 0 Å². The van der Waals surface area contributed by atoms with E-state index in [-0.39, 0.29) is 16.4 Å². The first kappa shape index (κ1) is 12.4. The summed E-state index contributed by atoms with van der Waals surface area (Å²) in [7, 11) is 0. The van der Waals surface area contributed by atoms with Gasteiger partial charge in [0.1, 0.15) is 16.6 Å². The molecule has 3 N–H and O–H groups in total. The Morgan fingerprint density at radius 2 is 1.78 bits per heavy atom. The molecule has 0 aliphatic rings. The number of benzene rings is 2. The molecule has 92 valence electrons. The van der Waals surface area contributed by atoms with Gasteiger partial charge in [-0.25, -0.2) is 8.78 Å². The highest BCUT2D eigenvalue weighted by Crippen LogP contribution is 2.20. The molecule has 0 aliphatic carbocycles. The average Bonchev–Trinajstić information content (AvgIpc) is 2.28. The highest BCUT2D eigenvalue weighted by molar-refractivity contribution is 7.80. The van der Waals surface area contributed by atoms with E-state index in [0.29, 0.717) is 11.4 Å². The lowest BCUT2D eigenvalue weighted by Crippen LogP contribution is -2.11. The molecule has 2 rings (SSSR count). The number of anilines is 2. The summed E-state index contributed by atoms with van der Waals surface area (Å²) >= 11 is 4.71. The minimum atomic E-state index is -0.510. The number of thiocarbonyl (C=S) groups is 1. The van der Waals surface area contributed by atoms with E-state index in [4.69, 9.17) is 18.0 Å². The highest BCUT2D eigenvalue weighted by Gasteiger charge is 2.06. The number of hydrogen-bond donors (Lipinski definition) is 2. The molecule has 0 unspecified atom stereocenters. The van der Waals surface area contributed by atoms with Crippen LogP contribution in [0.5, 0.6) is 0 Å². The SMILES string of the molecule is NC(=S)c1ccc(Nc2cccc(F)c2)cc1F. The Labute approximate surface area is 108 Å². The van der Waals surface area contributed by atoms with Crippen molar-refractivity contribution in [3.05, 3.63) is 59.7 Å². The maximum Gasteiger partial charge on any atom is 0.135 e. The summed E-state index contributed by atoms with van der Waals surface area (Å²) in [5.41, 5.74) is 6.59. The molecule has 0 aliphatic heterocycles. The van der Waals surface area contributed by atoms with Gasteiger partial charge in [0.25, 0.3) is 0 Å². The van der Waals surface area contributed by atoms with E-state index in [2.05, 4.69) is 5.32 Å². The zero-order valence-electron chi connectivity index (χ0n) is 9.28. The van der Waals surface area contributed by atoms with E-state index < -0.39 is 5.82 Å². The summed E-state index contributed by atoms with van der Waals surface area (Å²) in [5.74, 6) is -0.871. The van der Waals surface area contributed by atoms with Crippen LogP contribution in [0.15, 0.2) is 42.5 Å². The molecule has 2 nitrogen and oxygen atoms in total. The summed E-state index contributed by atoms with van der Waals surface area (Å²) in [6.07, 6.45) is 0. The minimum Gasteiger partial charge on any atom is -0.389 e. The van der Waals surface area contributed by atoms with Crippen LogP contribution in [-0.2, 0) is 0 Å². The number of nitrogens with one attached hydrogen (secondary N) is 1. The first-order valence-corrected chi connectivity index (χ1v) is 5.59. The van der Waals surface area contributed by atoms with Crippen molar-refractivity contribution < 1.29 is 8.78 Å². The lowest BCUT2D eigenvalue weighted by Gasteiger charge is -2.08. The second kappa shape index (κ2) is 5.10. The first-order chi connectivity index (χ1) is 8.56. The quantitative estimate of drug-likeness (QED) is 0.835. The van der Waals surface area contributed by atoms with Crippen LogP contribution in [0.4, 0.5) is 20.2 Å². The number of hydrogen-bond acceptors (Lipinski definition) is 2. The number of nitrogens with two attached hydrogens (primary N) is 1. The molecule has 5 heteroatoms. The van der Waals surface area contributed by atoms with Crippen LogP contribution in [-0.4, -0.2) is 4.99 Å². The van der Waals surface area contributed by atoms with Gasteiger partial charge in [-0.05, 0) is 36.4 Å². The number of halogens is 2. The van der Waals surface area contributed by atoms with Crippen molar-refractivity contribution in [2.24, 2.45) is 5.73 Å². The zero-order valence-corrected chi connectivity index (χ0v) is 10.1. The normalized spacial score (nSPS) is 10.1. The summed E-state index contributed by atoms with van der Waals surface area (Å²) in [4.78, 5) is 0.00445. The molecule has 0 atom stereocenters. The van der Waals surface area contributed by atoms with Gasteiger partial charge in [-0.2, -0.15) is 0 Å². The minimum absolute atomic E-state index is 0.00445. The van der Waals surface area contributed by atoms with Gasteiger partial charge in [-0.15, -0.1) is 0 Å². The third-order valence-electron chi connectivity index (χ3n) is 2.35. The molecule has 0 amide bonds. The summed E-state index contributed by atoms with van der Waals surface area (Å²) in [6.45, 7) is 0. The maximum atomic E-state index is 13.6. The van der Waals surface area contributed by atoms with Crippen LogP contribution in [0.2, 0.25) is 0 Å². The summed E-state index contributed by atoms with van der Waals surface area (Å²) in [6, 6.07) is 10.3. The van der Waals surface area contributed by atoms with Crippen molar-refractivity contribution in [2.75, 3.05) is 5.32 Å². The van der Waals surface area contributed by atoms with Crippen LogP contribution in [0.3, 0.4) is 0 Å². The fraction of sp³-hybridized carbons (Fsp3) is 0. The monoisotopic (exact) mass is 264 g/mol. The molecule has 2 aromatic carbocycles. The smallest absolute Gasteiger partial charge is 0.135 e. The molecule has 2 aromatic rings. The van der Waals surface area contributed by atoms with Crippen molar-refractivity contribution in [1.29, 1.82) is 0 Å². The third-order valence-corrected chi connectivity index (χ3v) is 2.57. The average molecular weight is 264 g/mol. The van der Waals surface area contributed by atoms with E-state index in [1.54, 1.807) is 18.2 Å². The Morgan fingerprint density at radius 1 is 1.06 bits per heavy atom. The third kappa shape index (κ3) is 2.81. The van der Waals surface area contributed by atoms with Gasteiger partial charge >= 0.3 is 0 Å². The molecule has 0 spiro atoms. The molecular formula is C13H10F2N2S. The van der Waals surface area contributed by atoms with E-state index in [0.717, 1.165) is 0 Å². The van der Waals surface area contributed by atoms with Crippen molar-refractivity contribution in [3.8, 4) is 0 Å².